The molecule has 0 saturated heterocycles. The summed E-state index contributed by atoms with van der Waals surface area (Å²) in [5.41, 5.74) is 4.66. The Morgan fingerprint density at radius 2 is 1.38 bits per heavy atom. The van der Waals surface area contributed by atoms with Gasteiger partial charge in [0, 0.05) is 18.7 Å². The summed E-state index contributed by atoms with van der Waals surface area (Å²) in [7, 11) is 0. The van der Waals surface area contributed by atoms with Gasteiger partial charge in [-0.25, -0.2) is 4.79 Å². The van der Waals surface area contributed by atoms with Gasteiger partial charge in [0.05, 0.1) is 0 Å². The molecule has 47 heavy (non-hydrogen) atoms. The molecule has 0 aliphatic carbocycles. The normalized spacial score (nSPS) is 12.6. The molecule has 7 nitrogen and oxygen atoms in total. The maximum absolute atomic E-state index is 14.8. The Balaban J connectivity index is 2.08. The van der Waals surface area contributed by atoms with Crippen molar-refractivity contribution in [2.75, 3.05) is 11.9 Å². The molecule has 3 amide bonds. The largest absolute Gasteiger partial charge is 0.444 e. The minimum absolute atomic E-state index is 0.256. The second kappa shape index (κ2) is 18.3. The Morgan fingerprint density at radius 1 is 0.766 bits per heavy atom. The lowest BCUT2D eigenvalue weighted by atomic mass is 9.98. The first kappa shape index (κ1) is 37.3. The molecule has 0 saturated carbocycles. The van der Waals surface area contributed by atoms with Crippen LogP contribution in [-0.4, -0.2) is 41.0 Å². The Hall–Kier alpha value is -4.13. The summed E-state index contributed by atoms with van der Waals surface area (Å²) in [6, 6.07) is 21.6. The Morgan fingerprint density at radius 3 is 1.98 bits per heavy atom. The Labute approximate surface area is 282 Å². The average Bonchev–Trinajstić information content (AvgIpc) is 3.03. The zero-order chi connectivity index (χ0) is 34.4. The number of anilines is 1. The van der Waals surface area contributed by atoms with Crippen LogP contribution >= 0.6 is 0 Å². The molecule has 3 aromatic rings. The van der Waals surface area contributed by atoms with Crippen molar-refractivity contribution in [3.8, 4) is 0 Å². The molecule has 3 rings (SSSR count). The molecule has 3 aromatic carbocycles. The summed E-state index contributed by atoms with van der Waals surface area (Å²) < 4.78 is 5.60. The highest BCUT2D eigenvalue weighted by atomic mass is 16.6. The van der Waals surface area contributed by atoms with Crippen molar-refractivity contribution in [2.24, 2.45) is 0 Å². The molecule has 0 fully saturated rings. The first-order chi connectivity index (χ1) is 22.4. The fraction of sp³-hybridized carbons (Fsp3) is 0.475. The highest BCUT2D eigenvalue weighted by Crippen LogP contribution is 2.28. The Kier molecular flexibility index (Phi) is 14.5. The van der Waals surface area contributed by atoms with Gasteiger partial charge in [-0.05, 0) is 75.3 Å². The van der Waals surface area contributed by atoms with E-state index in [1.807, 2.05) is 86.6 Å². The maximum atomic E-state index is 14.8. The van der Waals surface area contributed by atoms with Crippen molar-refractivity contribution in [3.63, 3.8) is 0 Å². The number of carbonyl (C=O) groups is 3. The fourth-order valence-corrected chi connectivity index (χ4v) is 5.74. The summed E-state index contributed by atoms with van der Waals surface area (Å²) in [5, 5.41) is 6.04. The van der Waals surface area contributed by atoms with Crippen LogP contribution in [0.3, 0.4) is 0 Å². The number of para-hydroxylation sites is 1. The van der Waals surface area contributed by atoms with E-state index in [0.717, 1.165) is 72.0 Å². The van der Waals surface area contributed by atoms with Crippen molar-refractivity contribution in [1.82, 2.24) is 10.2 Å². The molecule has 0 heterocycles. The van der Waals surface area contributed by atoms with Crippen molar-refractivity contribution in [2.45, 2.75) is 118 Å². The average molecular weight is 642 g/mol. The van der Waals surface area contributed by atoms with E-state index in [1.165, 1.54) is 6.42 Å². The molecular formula is C40H55N3O4. The summed E-state index contributed by atoms with van der Waals surface area (Å²) in [6.45, 7) is 13.9. The Bertz CT molecular complexity index is 1410. The predicted octanol–water partition coefficient (Wildman–Crippen LogP) is 8.87. The molecule has 0 aromatic heterocycles. The molecule has 7 heteroatoms. The lowest BCUT2D eigenvalue weighted by molar-refractivity contribution is -0.140. The summed E-state index contributed by atoms with van der Waals surface area (Å²) in [5.74, 6) is -0.615. The lowest BCUT2D eigenvalue weighted by Crippen LogP contribution is -2.53. The number of unbranched alkanes of at least 4 members (excludes halogenated alkanes) is 5. The first-order valence-electron chi connectivity index (χ1n) is 17.2. The van der Waals surface area contributed by atoms with Crippen LogP contribution in [-0.2, 0) is 27.2 Å². The third kappa shape index (κ3) is 11.9. The highest BCUT2D eigenvalue weighted by molar-refractivity contribution is 6.00. The number of rotatable bonds is 16. The zero-order valence-corrected chi connectivity index (χ0v) is 29.5. The third-order valence-corrected chi connectivity index (χ3v) is 8.30. The van der Waals surface area contributed by atoms with Crippen molar-refractivity contribution >= 4 is 23.6 Å². The number of ether oxygens (including phenoxy) is 1. The molecule has 0 bridgehead atoms. The standard InChI is InChI=1S/C40H55N3O4/c1-8-10-11-12-13-17-27-43(38(45)34(28-32-21-15-14-16-22-32)41-39(46)47-40(5,6)7)36(33-25-23-31(9-2)24-26-33)37(44)42-35-29(3)19-18-20-30(35)4/h14-16,18-26,34,36H,8-13,17,27-28H2,1-7H3,(H,41,46)(H,42,44). The van der Waals surface area contributed by atoms with Gasteiger partial charge in [-0.3, -0.25) is 9.59 Å². The second-order valence-corrected chi connectivity index (χ2v) is 13.4. The van der Waals surface area contributed by atoms with E-state index in [1.54, 1.807) is 25.7 Å². The molecule has 254 valence electrons. The van der Waals surface area contributed by atoms with Crippen LogP contribution in [0.4, 0.5) is 10.5 Å². The smallest absolute Gasteiger partial charge is 0.408 e. The zero-order valence-electron chi connectivity index (χ0n) is 29.5. The van der Waals surface area contributed by atoms with E-state index in [0.29, 0.717) is 6.54 Å². The molecule has 2 unspecified atom stereocenters. The van der Waals surface area contributed by atoms with Gasteiger partial charge in [-0.1, -0.05) is 119 Å². The number of aryl methyl sites for hydroxylation is 3. The van der Waals surface area contributed by atoms with E-state index in [-0.39, 0.29) is 18.2 Å². The number of hydrogen-bond donors (Lipinski definition) is 2. The fourth-order valence-electron chi connectivity index (χ4n) is 5.74. The summed E-state index contributed by atoms with van der Waals surface area (Å²) >= 11 is 0. The lowest BCUT2D eigenvalue weighted by Gasteiger charge is -2.35. The van der Waals surface area contributed by atoms with E-state index >= 15 is 0 Å². The van der Waals surface area contributed by atoms with Crippen LogP contribution in [0.1, 0.15) is 107 Å². The topological polar surface area (TPSA) is 87.7 Å². The highest BCUT2D eigenvalue weighted by Gasteiger charge is 2.36. The van der Waals surface area contributed by atoms with Crippen LogP contribution < -0.4 is 10.6 Å². The first-order valence-corrected chi connectivity index (χ1v) is 17.2. The van der Waals surface area contributed by atoms with Crippen molar-refractivity contribution in [3.05, 3.63) is 101 Å². The number of hydrogen-bond acceptors (Lipinski definition) is 4. The minimum atomic E-state index is -0.947. The minimum Gasteiger partial charge on any atom is -0.444 e. The van der Waals surface area contributed by atoms with Gasteiger partial charge in [0.2, 0.25) is 5.91 Å². The van der Waals surface area contributed by atoms with Crippen molar-refractivity contribution < 1.29 is 19.1 Å². The van der Waals surface area contributed by atoms with E-state index in [4.69, 9.17) is 4.74 Å². The molecule has 2 atom stereocenters. The van der Waals surface area contributed by atoms with Gasteiger partial charge in [-0.2, -0.15) is 0 Å². The number of amides is 3. The van der Waals surface area contributed by atoms with Gasteiger partial charge >= 0.3 is 6.09 Å². The molecule has 2 N–H and O–H groups in total. The number of alkyl carbamates (subject to hydrolysis) is 1. The van der Waals surface area contributed by atoms with Gasteiger partial charge in [0.1, 0.15) is 17.7 Å². The number of benzene rings is 3. The number of carbonyl (C=O) groups excluding carboxylic acids is 3. The van der Waals surface area contributed by atoms with E-state index < -0.39 is 23.8 Å². The summed E-state index contributed by atoms with van der Waals surface area (Å²) in [4.78, 5) is 44.1. The molecule has 0 aliphatic rings. The van der Waals surface area contributed by atoms with Crippen LogP contribution in [0.15, 0.2) is 72.8 Å². The molecule has 0 aliphatic heterocycles. The quantitative estimate of drug-likeness (QED) is 0.153. The monoisotopic (exact) mass is 641 g/mol. The van der Waals surface area contributed by atoms with Crippen molar-refractivity contribution in [1.29, 1.82) is 0 Å². The third-order valence-electron chi connectivity index (χ3n) is 8.30. The molecule has 0 radical (unpaired) electrons. The number of nitrogens with zero attached hydrogens (tertiary/aromatic N) is 1. The van der Waals surface area contributed by atoms with Crippen LogP contribution in [0.5, 0.6) is 0 Å². The number of nitrogens with one attached hydrogen (secondary N) is 2. The van der Waals surface area contributed by atoms with E-state index in [9.17, 15) is 14.4 Å². The van der Waals surface area contributed by atoms with Gasteiger partial charge in [0.25, 0.3) is 5.91 Å². The van der Waals surface area contributed by atoms with Crippen LogP contribution in [0, 0.1) is 13.8 Å². The summed E-state index contributed by atoms with van der Waals surface area (Å²) in [6.07, 6.45) is 6.63. The molecular weight excluding hydrogens is 586 g/mol. The van der Waals surface area contributed by atoms with E-state index in [2.05, 4.69) is 24.5 Å². The SMILES string of the molecule is CCCCCCCCN(C(=O)C(Cc1ccccc1)NC(=O)OC(C)(C)C)C(C(=O)Nc1c(C)cccc1C)c1ccc(CC)cc1. The predicted molar refractivity (Wildman–Crippen MR) is 191 cm³/mol. The van der Waals surface area contributed by atoms with Crippen LogP contribution in [0.2, 0.25) is 0 Å². The van der Waals surface area contributed by atoms with Crippen LogP contribution in [0.25, 0.3) is 0 Å². The second-order valence-electron chi connectivity index (χ2n) is 13.4. The van der Waals surface area contributed by atoms with Gasteiger partial charge in [-0.15, -0.1) is 0 Å². The molecule has 0 spiro atoms. The van der Waals surface area contributed by atoms with Gasteiger partial charge in [0.15, 0.2) is 0 Å². The van der Waals surface area contributed by atoms with Gasteiger partial charge < -0.3 is 20.3 Å². The maximum Gasteiger partial charge on any atom is 0.408 e.